The lowest BCUT2D eigenvalue weighted by Crippen LogP contribution is -2.42. The fraction of sp³-hybridized carbons (Fsp3) is 0.143. The van der Waals surface area contributed by atoms with E-state index in [1.165, 1.54) is 6.33 Å². The van der Waals surface area contributed by atoms with Gasteiger partial charge in [0.2, 0.25) is 5.82 Å². The number of carboxylic acids is 1. The molecule has 0 radical (unpaired) electrons. The fourth-order valence-electron chi connectivity index (χ4n) is 2.26. The second-order valence-electron chi connectivity index (χ2n) is 4.76. The van der Waals surface area contributed by atoms with Crippen LogP contribution in [0.15, 0.2) is 36.8 Å². The number of carboxylic acid groups (broad SMARTS) is 1. The number of aromatic nitrogens is 4. The molecule has 22 heavy (non-hydrogen) atoms. The maximum absolute atomic E-state index is 11.9. The highest BCUT2D eigenvalue weighted by Gasteiger charge is 2.23. The Kier molecular flexibility index (Phi) is 3.57. The van der Waals surface area contributed by atoms with Gasteiger partial charge in [0, 0.05) is 23.5 Å². The SMILES string of the molecule is O=C(N[C@H](Cc1c[nH]c2ccccc12)C(=O)O)c1ncn[nH]1. The Bertz CT molecular complexity index is 809. The van der Waals surface area contributed by atoms with Gasteiger partial charge in [-0.3, -0.25) is 9.89 Å². The van der Waals surface area contributed by atoms with Crippen LogP contribution in [0.4, 0.5) is 0 Å². The number of amides is 1. The maximum Gasteiger partial charge on any atom is 0.326 e. The van der Waals surface area contributed by atoms with Crippen LogP contribution in [0.25, 0.3) is 10.9 Å². The molecule has 1 amide bonds. The van der Waals surface area contributed by atoms with Gasteiger partial charge < -0.3 is 15.4 Å². The Morgan fingerprint density at radius 2 is 2.14 bits per heavy atom. The van der Waals surface area contributed by atoms with Gasteiger partial charge in [-0.1, -0.05) is 18.2 Å². The molecule has 0 saturated carbocycles. The number of carbonyl (C=O) groups is 2. The molecule has 0 unspecified atom stereocenters. The van der Waals surface area contributed by atoms with Crippen molar-refractivity contribution < 1.29 is 14.7 Å². The van der Waals surface area contributed by atoms with Crippen molar-refractivity contribution in [1.29, 1.82) is 0 Å². The molecule has 3 aromatic rings. The van der Waals surface area contributed by atoms with Crippen LogP contribution in [-0.2, 0) is 11.2 Å². The van der Waals surface area contributed by atoms with Gasteiger partial charge in [0.25, 0.3) is 5.91 Å². The van der Waals surface area contributed by atoms with E-state index in [2.05, 4.69) is 25.5 Å². The Hall–Kier alpha value is -3.16. The van der Waals surface area contributed by atoms with Crippen LogP contribution in [0.1, 0.15) is 16.2 Å². The predicted molar refractivity (Wildman–Crippen MR) is 77.3 cm³/mol. The van der Waals surface area contributed by atoms with Gasteiger partial charge in [0.15, 0.2) is 0 Å². The molecule has 2 heterocycles. The van der Waals surface area contributed by atoms with E-state index in [0.29, 0.717) is 0 Å². The molecular weight excluding hydrogens is 286 g/mol. The average molecular weight is 299 g/mol. The summed E-state index contributed by atoms with van der Waals surface area (Å²) in [4.78, 5) is 30.1. The number of hydrogen-bond donors (Lipinski definition) is 4. The smallest absolute Gasteiger partial charge is 0.326 e. The summed E-state index contributed by atoms with van der Waals surface area (Å²) in [6.45, 7) is 0. The monoisotopic (exact) mass is 299 g/mol. The number of H-pyrrole nitrogens is 2. The van der Waals surface area contributed by atoms with E-state index in [0.717, 1.165) is 16.5 Å². The number of hydrogen-bond acceptors (Lipinski definition) is 4. The van der Waals surface area contributed by atoms with Gasteiger partial charge in [0.05, 0.1) is 0 Å². The van der Waals surface area contributed by atoms with E-state index in [4.69, 9.17) is 0 Å². The minimum Gasteiger partial charge on any atom is -0.480 e. The van der Waals surface area contributed by atoms with Gasteiger partial charge in [-0.25, -0.2) is 9.78 Å². The molecule has 0 aliphatic rings. The third-order valence-corrected chi connectivity index (χ3v) is 3.33. The highest BCUT2D eigenvalue weighted by molar-refractivity contribution is 5.93. The number of para-hydroxylation sites is 1. The second kappa shape index (κ2) is 5.68. The molecule has 0 aliphatic carbocycles. The first-order valence-electron chi connectivity index (χ1n) is 6.59. The molecule has 0 fully saturated rings. The summed E-state index contributed by atoms with van der Waals surface area (Å²) in [6.07, 6.45) is 3.10. The van der Waals surface area contributed by atoms with Gasteiger partial charge in [0.1, 0.15) is 12.4 Å². The topological polar surface area (TPSA) is 124 Å². The molecule has 0 bridgehead atoms. The second-order valence-corrected chi connectivity index (χ2v) is 4.76. The van der Waals surface area contributed by atoms with Crippen molar-refractivity contribution in [3.8, 4) is 0 Å². The summed E-state index contributed by atoms with van der Waals surface area (Å²) in [5.74, 6) is -1.74. The Morgan fingerprint density at radius 3 is 2.86 bits per heavy atom. The molecule has 8 heteroatoms. The molecule has 2 aromatic heterocycles. The van der Waals surface area contributed by atoms with Gasteiger partial charge in [-0.05, 0) is 11.6 Å². The Morgan fingerprint density at radius 1 is 1.32 bits per heavy atom. The molecule has 0 saturated heterocycles. The molecule has 4 N–H and O–H groups in total. The summed E-state index contributed by atoms with van der Waals surface area (Å²) in [5, 5.41) is 18.6. The van der Waals surface area contributed by atoms with E-state index >= 15 is 0 Å². The first-order chi connectivity index (χ1) is 10.6. The number of aromatic amines is 2. The standard InChI is InChI=1S/C14H13N5O3/c20-13(12-16-7-17-19-12)18-11(14(21)22)5-8-6-15-10-4-2-1-3-9(8)10/h1-4,6-7,11,15H,5H2,(H,18,20)(H,21,22)(H,16,17,19)/t11-/m1/s1. The number of benzene rings is 1. The predicted octanol–water partition coefficient (Wildman–Crippen LogP) is 0.712. The van der Waals surface area contributed by atoms with E-state index in [-0.39, 0.29) is 12.2 Å². The lowest BCUT2D eigenvalue weighted by atomic mass is 10.0. The van der Waals surface area contributed by atoms with E-state index in [9.17, 15) is 14.7 Å². The fourth-order valence-corrected chi connectivity index (χ4v) is 2.26. The normalized spacial score (nSPS) is 12.2. The molecule has 0 aliphatic heterocycles. The van der Waals surface area contributed by atoms with Crippen LogP contribution in [0.2, 0.25) is 0 Å². The highest BCUT2D eigenvalue weighted by Crippen LogP contribution is 2.19. The zero-order valence-corrected chi connectivity index (χ0v) is 11.4. The quantitative estimate of drug-likeness (QED) is 0.552. The minimum atomic E-state index is -1.11. The largest absolute Gasteiger partial charge is 0.480 e. The van der Waals surface area contributed by atoms with Crippen molar-refractivity contribution in [2.45, 2.75) is 12.5 Å². The first kappa shape index (κ1) is 13.8. The maximum atomic E-state index is 11.9. The Labute approximate surface area is 124 Å². The minimum absolute atomic E-state index is 0.0230. The molecule has 8 nitrogen and oxygen atoms in total. The van der Waals surface area contributed by atoms with Crippen molar-refractivity contribution in [3.63, 3.8) is 0 Å². The van der Waals surface area contributed by atoms with Crippen LogP contribution in [0.3, 0.4) is 0 Å². The van der Waals surface area contributed by atoms with Crippen LogP contribution in [0.5, 0.6) is 0 Å². The lowest BCUT2D eigenvalue weighted by Gasteiger charge is -2.13. The lowest BCUT2D eigenvalue weighted by molar-refractivity contribution is -0.139. The van der Waals surface area contributed by atoms with Crippen molar-refractivity contribution in [2.24, 2.45) is 0 Å². The number of nitrogens with zero attached hydrogens (tertiary/aromatic N) is 2. The molecule has 3 rings (SSSR count). The summed E-state index contributed by atoms with van der Waals surface area (Å²) >= 11 is 0. The van der Waals surface area contributed by atoms with Crippen LogP contribution in [0, 0.1) is 0 Å². The van der Waals surface area contributed by atoms with Crippen LogP contribution in [-0.4, -0.2) is 43.2 Å². The van der Waals surface area contributed by atoms with Gasteiger partial charge in [-0.15, -0.1) is 0 Å². The summed E-state index contributed by atoms with van der Waals surface area (Å²) in [6, 6.07) is 6.52. The molecule has 112 valence electrons. The first-order valence-corrected chi connectivity index (χ1v) is 6.59. The molecular formula is C14H13N5O3. The summed E-state index contributed by atoms with van der Waals surface area (Å²) in [5.41, 5.74) is 1.74. The van der Waals surface area contributed by atoms with E-state index < -0.39 is 17.9 Å². The summed E-state index contributed by atoms with van der Waals surface area (Å²) in [7, 11) is 0. The van der Waals surface area contributed by atoms with Crippen LogP contribution >= 0.6 is 0 Å². The number of carbonyl (C=O) groups excluding carboxylic acids is 1. The Balaban J connectivity index is 1.80. The highest BCUT2D eigenvalue weighted by atomic mass is 16.4. The third-order valence-electron chi connectivity index (χ3n) is 3.33. The van der Waals surface area contributed by atoms with Crippen LogP contribution < -0.4 is 5.32 Å². The van der Waals surface area contributed by atoms with E-state index in [1.54, 1.807) is 6.20 Å². The third kappa shape index (κ3) is 2.66. The van der Waals surface area contributed by atoms with Crippen molar-refractivity contribution in [3.05, 3.63) is 48.2 Å². The summed E-state index contributed by atoms with van der Waals surface area (Å²) < 4.78 is 0. The van der Waals surface area contributed by atoms with Crippen molar-refractivity contribution >= 4 is 22.8 Å². The van der Waals surface area contributed by atoms with E-state index in [1.807, 2.05) is 24.3 Å². The number of rotatable bonds is 5. The average Bonchev–Trinajstić information content (AvgIpc) is 3.16. The molecule has 1 atom stereocenters. The zero-order valence-electron chi connectivity index (χ0n) is 11.4. The number of nitrogens with one attached hydrogen (secondary N) is 3. The van der Waals surface area contributed by atoms with Gasteiger partial charge >= 0.3 is 5.97 Å². The van der Waals surface area contributed by atoms with Crippen molar-refractivity contribution in [1.82, 2.24) is 25.5 Å². The number of fused-ring (bicyclic) bond motifs is 1. The number of aliphatic carboxylic acids is 1. The zero-order chi connectivity index (χ0) is 15.5. The van der Waals surface area contributed by atoms with Crippen molar-refractivity contribution in [2.75, 3.05) is 0 Å². The molecule has 1 aromatic carbocycles. The molecule has 0 spiro atoms. The van der Waals surface area contributed by atoms with Gasteiger partial charge in [-0.2, -0.15) is 5.10 Å².